The fraction of sp³-hybridized carbons (Fsp3) is 0.647. The number of halogens is 1. The molecule has 1 saturated heterocycles. The number of likely N-dealkylation sites (tertiary alicyclic amines) is 1. The molecule has 1 heterocycles. The van der Waals surface area contributed by atoms with Gasteiger partial charge in [0.15, 0.2) is 0 Å². The summed E-state index contributed by atoms with van der Waals surface area (Å²) in [6.07, 6.45) is 3.74. The summed E-state index contributed by atoms with van der Waals surface area (Å²) in [5.41, 5.74) is 1.40. The van der Waals surface area contributed by atoms with Crippen molar-refractivity contribution in [3.8, 4) is 0 Å². The number of hydrogen-bond donors (Lipinski definition) is 1. The van der Waals surface area contributed by atoms with Gasteiger partial charge in [0.25, 0.3) is 0 Å². The minimum absolute atomic E-state index is 0.460. The number of nitrogens with zero attached hydrogens (tertiary/aromatic N) is 1. The molecule has 1 aromatic carbocycles. The number of hydrogen-bond acceptors (Lipinski definition) is 2. The highest BCUT2D eigenvalue weighted by atomic mass is 79.9. The van der Waals surface area contributed by atoms with Crippen molar-refractivity contribution in [1.29, 1.82) is 0 Å². The van der Waals surface area contributed by atoms with E-state index in [2.05, 4.69) is 64.3 Å². The molecule has 112 valence electrons. The van der Waals surface area contributed by atoms with Crippen LogP contribution in [0.5, 0.6) is 0 Å². The van der Waals surface area contributed by atoms with Gasteiger partial charge in [-0.3, -0.25) is 0 Å². The van der Waals surface area contributed by atoms with E-state index in [1.807, 2.05) is 0 Å². The Labute approximate surface area is 132 Å². The molecule has 1 fully saturated rings. The molecule has 2 rings (SSSR count). The molecule has 2 atom stereocenters. The molecule has 0 radical (unpaired) electrons. The molecule has 0 amide bonds. The lowest BCUT2D eigenvalue weighted by atomic mass is 10.0. The summed E-state index contributed by atoms with van der Waals surface area (Å²) in [4.78, 5) is 2.61. The topological polar surface area (TPSA) is 15.3 Å². The molecule has 0 bridgehead atoms. The van der Waals surface area contributed by atoms with E-state index in [0.29, 0.717) is 6.04 Å². The van der Waals surface area contributed by atoms with Gasteiger partial charge in [-0.2, -0.15) is 0 Å². The van der Waals surface area contributed by atoms with Crippen molar-refractivity contribution in [3.05, 3.63) is 34.3 Å². The maximum absolute atomic E-state index is 3.71. The zero-order chi connectivity index (χ0) is 14.4. The number of nitrogens with one attached hydrogen (secondary N) is 1. The molecule has 1 aliphatic rings. The average Bonchev–Trinajstić information content (AvgIpc) is 2.86. The second-order valence-electron chi connectivity index (χ2n) is 6.01. The Balaban J connectivity index is 1.95. The van der Waals surface area contributed by atoms with Gasteiger partial charge in [-0.15, -0.1) is 0 Å². The molecule has 0 saturated carbocycles. The smallest absolute Gasteiger partial charge is 0.0343 e. The van der Waals surface area contributed by atoms with Crippen molar-refractivity contribution in [2.24, 2.45) is 5.92 Å². The quantitative estimate of drug-likeness (QED) is 0.800. The standard InChI is InChI=1S/C17H27BrN2/c1-3-10-19-17(15-6-4-5-7-16(15)18)9-12-20-11-8-14(2)13-20/h4-7,14,17,19H,3,8-13H2,1-2H3. The van der Waals surface area contributed by atoms with Gasteiger partial charge in [-0.05, 0) is 56.4 Å². The summed E-state index contributed by atoms with van der Waals surface area (Å²) in [6.45, 7) is 9.43. The Morgan fingerprint density at radius 2 is 2.20 bits per heavy atom. The summed E-state index contributed by atoms with van der Waals surface area (Å²) >= 11 is 3.70. The predicted octanol–water partition coefficient (Wildman–Crippen LogP) is 4.22. The van der Waals surface area contributed by atoms with Crippen LogP contribution in [0.25, 0.3) is 0 Å². The van der Waals surface area contributed by atoms with Crippen LogP contribution in [0.3, 0.4) is 0 Å². The van der Waals surface area contributed by atoms with Crippen LogP contribution in [-0.4, -0.2) is 31.1 Å². The molecule has 2 nitrogen and oxygen atoms in total. The van der Waals surface area contributed by atoms with Crippen molar-refractivity contribution in [2.45, 2.75) is 39.2 Å². The molecule has 0 spiro atoms. The van der Waals surface area contributed by atoms with Gasteiger partial charge in [-0.1, -0.05) is 48.0 Å². The molecule has 0 aromatic heterocycles. The lowest BCUT2D eigenvalue weighted by molar-refractivity contribution is 0.301. The van der Waals surface area contributed by atoms with Crippen LogP contribution >= 0.6 is 15.9 Å². The highest BCUT2D eigenvalue weighted by Gasteiger charge is 2.20. The van der Waals surface area contributed by atoms with Gasteiger partial charge in [0.1, 0.15) is 0 Å². The first-order chi connectivity index (χ1) is 9.70. The molecule has 0 aliphatic carbocycles. The summed E-state index contributed by atoms with van der Waals surface area (Å²) < 4.78 is 1.23. The minimum Gasteiger partial charge on any atom is -0.310 e. The summed E-state index contributed by atoms with van der Waals surface area (Å²) in [5, 5.41) is 3.71. The van der Waals surface area contributed by atoms with E-state index in [4.69, 9.17) is 0 Å². The van der Waals surface area contributed by atoms with E-state index in [-0.39, 0.29) is 0 Å². The van der Waals surface area contributed by atoms with Crippen LogP contribution in [0.15, 0.2) is 28.7 Å². The monoisotopic (exact) mass is 338 g/mol. The van der Waals surface area contributed by atoms with Gasteiger partial charge in [0.05, 0.1) is 0 Å². The molecule has 3 heteroatoms. The van der Waals surface area contributed by atoms with E-state index in [9.17, 15) is 0 Å². The van der Waals surface area contributed by atoms with Crippen molar-refractivity contribution >= 4 is 15.9 Å². The van der Waals surface area contributed by atoms with E-state index >= 15 is 0 Å². The normalized spacial score (nSPS) is 21.2. The SMILES string of the molecule is CCCNC(CCN1CCC(C)C1)c1ccccc1Br. The first-order valence-corrected chi connectivity index (χ1v) is 8.70. The highest BCUT2D eigenvalue weighted by molar-refractivity contribution is 9.10. The van der Waals surface area contributed by atoms with Crippen molar-refractivity contribution < 1.29 is 0 Å². The zero-order valence-corrected chi connectivity index (χ0v) is 14.3. The van der Waals surface area contributed by atoms with Gasteiger partial charge >= 0.3 is 0 Å². The average molecular weight is 339 g/mol. The zero-order valence-electron chi connectivity index (χ0n) is 12.7. The van der Waals surface area contributed by atoms with Crippen LogP contribution in [0.1, 0.15) is 44.7 Å². The van der Waals surface area contributed by atoms with E-state index in [1.54, 1.807) is 0 Å². The molecule has 1 N–H and O–H groups in total. The summed E-state index contributed by atoms with van der Waals surface area (Å²) in [6, 6.07) is 9.07. The summed E-state index contributed by atoms with van der Waals surface area (Å²) in [7, 11) is 0. The fourth-order valence-corrected chi connectivity index (χ4v) is 3.55. The van der Waals surface area contributed by atoms with E-state index in [0.717, 1.165) is 12.5 Å². The predicted molar refractivity (Wildman–Crippen MR) is 90.0 cm³/mol. The Morgan fingerprint density at radius 3 is 2.85 bits per heavy atom. The first kappa shape index (κ1) is 16.0. The molecule has 20 heavy (non-hydrogen) atoms. The third-order valence-corrected chi connectivity index (χ3v) is 4.89. The highest BCUT2D eigenvalue weighted by Crippen LogP contribution is 2.26. The lowest BCUT2D eigenvalue weighted by Crippen LogP contribution is -2.29. The van der Waals surface area contributed by atoms with E-state index in [1.165, 1.54) is 48.9 Å². The second kappa shape index (κ2) is 8.16. The van der Waals surface area contributed by atoms with Crippen LogP contribution in [-0.2, 0) is 0 Å². The third kappa shape index (κ3) is 4.57. The number of benzene rings is 1. The Morgan fingerprint density at radius 1 is 1.40 bits per heavy atom. The van der Waals surface area contributed by atoms with Crippen molar-refractivity contribution in [1.82, 2.24) is 10.2 Å². The van der Waals surface area contributed by atoms with Crippen LogP contribution in [0, 0.1) is 5.92 Å². The molecular formula is C17H27BrN2. The largest absolute Gasteiger partial charge is 0.310 e. The Kier molecular flexibility index (Phi) is 6.53. The second-order valence-corrected chi connectivity index (χ2v) is 6.87. The van der Waals surface area contributed by atoms with Gasteiger partial charge in [-0.25, -0.2) is 0 Å². The van der Waals surface area contributed by atoms with Gasteiger partial charge in [0, 0.05) is 17.1 Å². The third-order valence-electron chi connectivity index (χ3n) is 4.16. The van der Waals surface area contributed by atoms with Crippen LogP contribution in [0.4, 0.5) is 0 Å². The first-order valence-electron chi connectivity index (χ1n) is 7.91. The lowest BCUT2D eigenvalue weighted by Gasteiger charge is -2.23. The fourth-order valence-electron chi connectivity index (χ4n) is 2.98. The number of rotatable bonds is 7. The molecular weight excluding hydrogens is 312 g/mol. The Bertz CT molecular complexity index is 408. The minimum atomic E-state index is 0.460. The molecule has 2 unspecified atom stereocenters. The maximum Gasteiger partial charge on any atom is 0.0343 e. The van der Waals surface area contributed by atoms with Crippen LogP contribution < -0.4 is 5.32 Å². The molecule has 1 aromatic rings. The summed E-state index contributed by atoms with van der Waals surface area (Å²) in [5.74, 6) is 0.875. The molecule has 1 aliphatic heterocycles. The maximum atomic E-state index is 3.71. The van der Waals surface area contributed by atoms with Crippen molar-refractivity contribution in [3.63, 3.8) is 0 Å². The van der Waals surface area contributed by atoms with Crippen LogP contribution in [0.2, 0.25) is 0 Å². The van der Waals surface area contributed by atoms with Gasteiger partial charge in [0.2, 0.25) is 0 Å². The van der Waals surface area contributed by atoms with Crippen molar-refractivity contribution in [2.75, 3.05) is 26.2 Å². The van der Waals surface area contributed by atoms with E-state index < -0.39 is 0 Å². The Hall–Kier alpha value is -0.380. The van der Waals surface area contributed by atoms with Gasteiger partial charge < -0.3 is 10.2 Å².